The third-order valence-electron chi connectivity index (χ3n) is 1.89. The molecule has 0 radical (unpaired) electrons. The highest BCUT2D eigenvalue weighted by atomic mass is 16.3. The zero-order chi connectivity index (χ0) is 8.69. The van der Waals surface area contributed by atoms with Crippen LogP contribution < -0.4 is 0 Å². The number of nitrogens with zero attached hydrogens (tertiary/aromatic N) is 1. The Morgan fingerprint density at radius 2 is 2.00 bits per heavy atom. The van der Waals surface area contributed by atoms with Gasteiger partial charge >= 0.3 is 0 Å². The summed E-state index contributed by atoms with van der Waals surface area (Å²) in [5, 5.41) is 9.29. The minimum absolute atomic E-state index is 0.142. The Hall–Kier alpha value is -0.0800. The Morgan fingerprint density at radius 3 is 2.45 bits per heavy atom. The van der Waals surface area contributed by atoms with E-state index in [1.54, 1.807) is 0 Å². The number of hydrogen-bond acceptors (Lipinski definition) is 2. The molecule has 1 atom stereocenters. The van der Waals surface area contributed by atoms with Crippen molar-refractivity contribution in [3.63, 3.8) is 0 Å². The lowest BCUT2D eigenvalue weighted by atomic mass is 10.2. The van der Waals surface area contributed by atoms with Gasteiger partial charge in [0.25, 0.3) is 0 Å². The first-order valence-corrected chi connectivity index (χ1v) is 4.57. The normalized spacial score (nSPS) is 13.9. The second-order valence-corrected chi connectivity index (χ2v) is 3.18. The summed E-state index contributed by atoms with van der Waals surface area (Å²) in [5.74, 6) is 0. The van der Waals surface area contributed by atoms with Gasteiger partial charge in [0.05, 0.1) is 6.10 Å². The van der Waals surface area contributed by atoms with Crippen LogP contribution in [-0.2, 0) is 0 Å². The van der Waals surface area contributed by atoms with Crippen LogP contribution in [-0.4, -0.2) is 36.2 Å². The van der Waals surface area contributed by atoms with Crippen LogP contribution in [0.15, 0.2) is 0 Å². The molecule has 2 heteroatoms. The third kappa shape index (κ3) is 6.32. The summed E-state index contributed by atoms with van der Waals surface area (Å²) in [7, 11) is 2.06. The van der Waals surface area contributed by atoms with E-state index in [4.69, 9.17) is 0 Å². The molecule has 0 aliphatic heterocycles. The molecule has 0 aliphatic carbocycles. The van der Waals surface area contributed by atoms with Crippen LogP contribution in [0.1, 0.15) is 33.1 Å². The average molecular weight is 159 g/mol. The molecule has 1 N–H and O–H groups in total. The van der Waals surface area contributed by atoms with E-state index >= 15 is 0 Å². The average Bonchev–Trinajstić information content (AvgIpc) is 2.00. The topological polar surface area (TPSA) is 23.5 Å². The van der Waals surface area contributed by atoms with E-state index in [9.17, 15) is 5.11 Å². The molecule has 11 heavy (non-hydrogen) atoms. The predicted molar refractivity (Wildman–Crippen MR) is 48.7 cm³/mol. The van der Waals surface area contributed by atoms with Gasteiger partial charge in [0.15, 0.2) is 0 Å². The van der Waals surface area contributed by atoms with E-state index in [-0.39, 0.29) is 6.10 Å². The van der Waals surface area contributed by atoms with Crippen LogP contribution in [0.5, 0.6) is 0 Å². The molecule has 0 saturated heterocycles. The van der Waals surface area contributed by atoms with Crippen molar-refractivity contribution < 1.29 is 5.11 Å². The minimum atomic E-state index is -0.142. The molecule has 0 bridgehead atoms. The molecule has 0 aromatic heterocycles. The first-order chi connectivity index (χ1) is 5.20. The van der Waals surface area contributed by atoms with Gasteiger partial charge in [-0.25, -0.2) is 0 Å². The van der Waals surface area contributed by atoms with Crippen LogP contribution in [0.2, 0.25) is 0 Å². The van der Waals surface area contributed by atoms with Crippen molar-refractivity contribution in [2.45, 2.75) is 39.2 Å². The summed E-state index contributed by atoms with van der Waals surface area (Å²) in [4.78, 5) is 2.19. The quantitative estimate of drug-likeness (QED) is 0.634. The monoisotopic (exact) mass is 159 g/mol. The van der Waals surface area contributed by atoms with Gasteiger partial charge in [-0.05, 0) is 26.4 Å². The molecule has 0 rings (SSSR count). The molecule has 0 aromatic rings. The van der Waals surface area contributed by atoms with E-state index < -0.39 is 0 Å². The Balaban J connectivity index is 3.27. The molecular weight excluding hydrogens is 138 g/mol. The van der Waals surface area contributed by atoms with E-state index in [1.165, 1.54) is 12.8 Å². The lowest BCUT2D eigenvalue weighted by molar-refractivity contribution is 0.121. The molecule has 1 unspecified atom stereocenters. The lowest BCUT2D eigenvalue weighted by Gasteiger charge is -2.18. The molecule has 68 valence electrons. The second-order valence-electron chi connectivity index (χ2n) is 3.18. The summed E-state index contributed by atoms with van der Waals surface area (Å²) >= 11 is 0. The molecule has 0 spiro atoms. The highest BCUT2D eigenvalue weighted by molar-refractivity contribution is 4.58. The number of aliphatic hydroxyl groups is 1. The van der Waals surface area contributed by atoms with Gasteiger partial charge in [0.2, 0.25) is 0 Å². The van der Waals surface area contributed by atoms with Crippen molar-refractivity contribution in [2.75, 3.05) is 20.1 Å². The number of aliphatic hydroxyl groups excluding tert-OH is 1. The molecule has 0 saturated carbocycles. The Bertz CT molecular complexity index is 85.6. The maximum absolute atomic E-state index is 9.29. The standard InChI is InChI=1S/C9H21NO/c1-4-6-7-10(3)8-9(11)5-2/h9,11H,4-8H2,1-3H3. The first kappa shape index (κ1) is 10.9. The van der Waals surface area contributed by atoms with Crippen LogP contribution in [0.25, 0.3) is 0 Å². The van der Waals surface area contributed by atoms with Crippen molar-refractivity contribution in [1.29, 1.82) is 0 Å². The zero-order valence-electron chi connectivity index (χ0n) is 8.01. The largest absolute Gasteiger partial charge is 0.392 e. The molecular formula is C9H21NO. The Morgan fingerprint density at radius 1 is 1.36 bits per heavy atom. The van der Waals surface area contributed by atoms with E-state index in [0.29, 0.717) is 0 Å². The summed E-state index contributed by atoms with van der Waals surface area (Å²) in [5.41, 5.74) is 0. The maximum Gasteiger partial charge on any atom is 0.0664 e. The van der Waals surface area contributed by atoms with Crippen LogP contribution in [0.4, 0.5) is 0 Å². The molecule has 0 amide bonds. The third-order valence-corrected chi connectivity index (χ3v) is 1.89. The predicted octanol–water partition coefficient (Wildman–Crippen LogP) is 1.49. The van der Waals surface area contributed by atoms with Gasteiger partial charge in [-0.15, -0.1) is 0 Å². The SMILES string of the molecule is CCCCN(C)CC(O)CC. The molecule has 0 heterocycles. The fourth-order valence-electron chi connectivity index (χ4n) is 1.01. The maximum atomic E-state index is 9.29. The zero-order valence-corrected chi connectivity index (χ0v) is 8.01. The van der Waals surface area contributed by atoms with Gasteiger partial charge in [-0.2, -0.15) is 0 Å². The fourth-order valence-corrected chi connectivity index (χ4v) is 1.01. The number of likely N-dealkylation sites (N-methyl/N-ethyl adjacent to an activating group) is 1. The smallest absolute Gasteiger partial charge is 0.0664 e. The first-order valence-electron chi connectivity index (χ1n) is 4.57. The Labute approximate surface area is 70.2 Å². The number of rotatable bonds is 6. The highest BCUT2D eigenvalue weighted by Gasteiger charge is 2.03. The van der Waals surface area contributed by atoms with Gasteiger partial charge in [0, 0.05) is 6.54 Å². The summed E-state index contributed by atoms with van der Waals surface area (Å²) in [6.07, 6.45) is 3.17. The van der Waals surface area contributed by atoms with Gasteiger partial charge in [-0.3, -0.25) is 0 Å². The lowest BCUT2D eigenvalue weighted by Crippen LogP contribution is -2.29. The summed E-state index contributed by atoms with van der Waals surface area (Å²) in [6, 6.07) is 0. The molecule has 2 nitrogen and oxygen atoms in total. The van der Waals surface area contributed by atoms with Crippen LogP contribution in [0, 0.1) is 0 Å². The van der Waals surface area contributed by atoms with Crippen LogP contribution in [0.3, 0.4) is 0 Å². The molecule has 0 aliphatic rings. The van der Waals surface area contributed by atoms with Crippen molar-refractivity contribution in [3.8, 4) is 0 Å². The van der Waals surface area contributed by atoms with Gasteiger partial charge in [-0.1, -0.05) is 20.3 Å². The van der Waals surface area contributed by atoms with E-state index in [2.05, 4.69) is 18.9 Å². The van der Waals surface area contributed by atoms with E-state index in [0.717, 1.165) is 19.5 Å². The number of hydrogen-bond donors (Lipinski definition) is 1. The van der Waals surface area contributed by atoms with Crippen molar-refractivity contribution >= 4 is 0 Å². The summed E-state index contributed by atoms with van der Waals surface area (Å²) < 4.78 is 0. The molecule has 0 fully saturated rings. The van der Waals surface area contributed by atoms with Gasteiger partial charge in [0.1, 0.15) is 0 Å². The minimum Gasteiger partial charge on any atom is -0.392 e. The van der Waals surface area contributed by atoms with E-state index in [1.807, 2.05) is 6.92 Å². The highest BCUT2D eigenvalue weighted by Crippen LogP contribution is 1.96. The van der Waals surface area contributed by atoms with Crippen LogP contribution >= 0.6 is 0 Å². The van der Waals surface area contributed by atoms with Crippen molar-refractivity contribution in [2.24, 2.45) is 0 Å². The second kappa shape index (κ2) is 6.62. The van der Waals surface area contributed by atoms with Crippen molar-refractivity contribution in [1.82, 2.24) is 4.90 Å². The van der Waals surface area contributed by atoms with Crippen molar-refractivity contribution in [3.05, 3.63) is 0 Å². The fraction of sp³-hybridized carbons (Fsp3) is 1.00. The number of unbranched alkanes of at least 4 members (excludes halogenated alkanes) is 1. The Kier molecular flexibility index (Phi) is 6.57. The molecule has 0 aromatic carbocycles. The summed E-state index contributed by atoms with van der Waals surface area (Å²) in [6.45, 7) is 6.12. The van der Waals surface area contributed by atoms with Gasteiger partial charge < -0.3 is 10.0 Å².